The topological polar surface area (TPSA) is 6.48 Å². The van der Waals surface area contributed by atoms with Gasteiger partial charge in [-0.05, 0) is 149 Å². The summed E-state index contributed by atoms with van der Waals surface area (Å²) in [7, 11) is 8.93. The van der Waals surface area contributed by atoms with E-state index < -0.39 is 0 Å². The van der Waals surface area contributed by atoms with Crippen LogP contribution in [0.2, 0.25) is 0 Å². The third-order valence-corrected chi connectivity index (χ3v) is 13.3. The van der Waals surface area contributed by atoms with Crippen molar-refractivity contribution >= 4 is 0 Å². The molecule has 0 atom stereocenters. The fraction of sp³-hybridized carbons (Fsp3) is 0.538. The Hall–Kier alpha value is -3.20. The van der Waals surface area contributed by atoms with Crippen LogP contribution < -0.4 is 0 Å². The van der Waals surface area contributed by atoms with Crippen molar-refractivity contribution in [3.05, 3.63) is 106 Å². The van der Waals surface area contributed by atoms with E-state index in [0.29, 0.717) is 0 Å². The largest absolute Gasteiger partial charge is 0.309 e. The van der Waals surface area contributed by atoms with E-state index in [4.69, 9.17) is 0 Å². The van der Waals surface area contributed by atoms with Crippen molar-refractivity contribution < 1.29 is 0 Å². The summed E-state index contributed by atoms with van der Waals surface area (Å²) in [5.74, 6) is 0. The molecule has 0 spiro atoms. The van der Waals surface area contributed by atoms with Gasteiger partial charge in [-0.2, -0.15) is 0 Å². The number of aryl methyl sites for hydroxylation is 2. The first-order valence-corrected chi connectivity index (χ1v) is 22.0. The molecule has 4 aromatic rings. The fourth-order valence-corrected chi connectivity index (χ4v) is 10.1. The minimum absolute atomic E-state index is 0.00889. The molecular formula is C52H72N2. The molecule has 0 bridgehead atoms. The molecule has 2 nitrogen and oxygen atoms in total. The Morgan fingerprint density at radius 1 is 0.389 bits per heavy atom. The summed E-state index contributed by atoms with van der Waals surface area (Å²) in [6.07, 6.45) is 21.0. The molecule has 0 saturated carbocycles. The van der Waals surface area contributed by atoms with Crippen molar-refractivity contribution in [2.75, 3.05) is 41.3 Å². The van der Waals surface area contributed by atoms with Crippen LogP contribution in [0, 0.1) is 13.8 Å². The quantitative estimate of drug-likeness (QED) is 0.0790. The van der Waals surface area contributed by atoms with Crippen molar-refractivity contribution in [3.63, 3.8) is 0 Å². The van der Waals surface area contributed by atoms with Gasteiger partial charge in [0, 0.05) is 10.8 Å². The number of unbranched alkanes of at least 4 members (excludes halogenated alkanes) is 10. The van der Waals surface area contributed by atoms with Gasteiger partial charge in [0.25, 0.3) is 0 Å². The van der Waals surface area contributed by atoms with Gasteiger partial charge in [-0.1, -0.05) is 163 Å². The van der Waals surface area contributed by atoms with Crippen LogP contribution in [-0.2, 0) is 10.8 Å². The molecule has 0 heterocycles. The van der Waals surface area contributed by atoms with Crippen LogP contribution in [0.1, 0.15) is 150 Å². The highest BCUT2D eigenvalue weighted by atomic mass is 15.1. The second-order valence-electron chi connectivity index (χ2n) is 17.9. The normalized spacial score (nSPS) is 14.8. The van der Waals surface area contributed by atoms with Crippen LogP contribution in [0.25, 0.3) is 33.4 Å². The van der Waals surface area contributed by atoms with Gasteiger partial charge in [0.15, 0.2) is 0 Å². The SMILES string of the molecule is CCCCCCCCC1(CCCCCCCC)c2cc(C)ccc2-c2ccc(-c3ccc4c(c3)C(CCN(C)C)(CCN(C)C)c3cc(C)ccc3-4)cc21. The van der Waals surface area contributed by atoms with E-state index >= 15 is 0 Å². The lowest BCUT2D eigenvalue weighted by molar-refractivity contribution is 0.300. The van der Waals surface area contributed by atoms with Gasteiger partial charge in [-0.25, -0.2) is 0 Å². The lowest BCUT2D eigenvalue weighted by Gasteiger charge is -2.35. The number of nitrogens with zero attached hydrogens (tertiary/aromatic N) is 2. The van der Waals surface area contributed by atoms with E-state index in [2.05, 4.69) is 138 Å². The lowest BCUT2D eigenvalue weighted by Crippen LogP contribution is -2.33. The van der Waals surface area contributed by atoms with E-state index in [1.807, 2.05) is 0 Å². The van der Waals surface area contributed by atoms with Gasteiger partial charge in [0.2, 0.25) is 0 Å². The third-order valence-electron chi connectivity index (χ3n) is 13.3. The highest BCUT2D eigenvalue weighted by molar-refractivity contribution is 5.87. The molecule has 290 valence electrons. The van der Waals surface area contributed by atoms with Crippen molar-refractivity contribution in [2.45, 2.75) is 141 Å². The lowest BCUT2D eigenvalue weighted by atomic mass is 9.70. The highest BCUT2D eigenvalue weighted by Crippen LogP contribution is 2.57. The predicted octanol–water partition coefficient (Wildman–Crippen LogP) is 13.9. The Morgan fingerprint density at radius 3 is 1.11 bits per heavy atom. The Labute approximate surface area is 330 Å². The zero-order chi connectivity index (χ0) is 38.3. The molecule has 2 aliphatic rings. The first-order valence-electron chi connectivity index (χ1n) is 22.0. The highest BCUT2D eigenvalue weighted by Gasteiger charge is 2.44. The average Bonchev–Trinajstić information content (AvgIpc) is 3.58. The van der Waals surface area contributed by atoms with E-state index in [-0.39, 0.29) is 10.8 Å². The summed E-state index contributed by atoms with van der Waals surface area (Å²) in [6.45, 7) is 11.4. The molecule has 0 aliphatic heterocycles. The van der Waals surface area contributed by atoms with Gasteiger partial charge in [-0.3, -0.25) is 0 Å². The molecule has 4 aromatic carbocycles. The van der Waals surface area contributed by atoms with Crippen LogP contribution in [0.3, 0.4) is 0 Å². The van der Waals surface area contributed by atoms with Crippen molar-refractivity contribution in [1.29, 1.82) is 0 Å². The molecule has 2 heteroatoms. The van der Waals surface area contributed by atoms with Gasteiger partial charge in [0.05, 0.1) is 0 Å². The first kappa shape index (κ1) is 40.5. The van der Waals surface area contributed by atoms with Crippen LogP contribution in [0.15, 0.2) is 72.8 Å². The van der Waals surface area contributed by atoms with Crippen LogP contribution in [0.4, 0.5) is 0 Å². The van der Waals surface area contributed by atoms with Gasteiger partial charge < -0.3 is 9.80 Å². The second-order valence-corrected chi connectivity index (χ2v) is 17.9. The van der Waals surface area contributed by atoms with Crippen molar-refractivity contribution in [3.8, 4) is 33.4 Å². The van der Waals surface area contributed by atoms with Gasteiger partial charge >= 0.3 is 0 Å². The van der Waals surface area contributed by atoms with E-state index in [9.17, 15) is 0 Å². The average molecular weight is 725 g/mol. The van der Waals surface area contributed by atoms with Crippen molar-refractivity contribution in [1.82, 2.24) is 9.80 Å². The second kappa shape index (κ2) is 18.2. The standard InChI is InChI=1S/C52H72N2/c1-9-11-13-15-17-19-29-51(30-20-18-16-14-12-10-2)47-35-39(3)21-25-43(47)45-27-23-41(37-49(45)51)42-24-28-46-44-26-22-40(4)36-48(44)52(50(46)38-42,31-33-53(5)6)32-34-54(7)8/h21-28,35-38H,9-20,29-34H2,1-8H3. The maximum atomic E-state index is 2.66. The zero-order valence-electron chi connectivity index (χ0n) is 35.6. The van der Waals surface area contributed by atoms with E-state index in [0.717, 1.165) is 25.9 Å². The Balaban J connectivity index is 1.44. The molecule has 2 aliphatic carbocycles. The maximum Gasteiger partial charge on any atom is 0.0239 e. The maximum absolute atomic E-state index is 2.66. The molecule has 0 unspecified atom stereocenters. The summed E-state index contributed by atoms with van der Waals surface area (Å²) >= 11 is 0. The molecule has 0 saturated heterocycles. The fourth-order valence-electron chi connectivity index (χ4n) is 10.1. The number of fused-ring (bicyclic) bond motifs is 6. The molecule has 0 aromatic heterocycles. The number of hydrogen-bond donors (Lipinski definition) is 0. The minimum atomic E-state index is -0.00889. The zero-order valence-corrected chi connectivity index (χ0v) is 35.6. The van der Waals surface area contributed by atoms with E-state index in [1.165, 1.54) is 146 Å². The molecule has 0 amide bonds. The summed E-state index contributed by atoms with van der Waals surface area (Å²) in [6, 6.07) is 29.7. The van der Waals surface area contributed by atoms with Crippen LogP contribution in [-0.4, -0.2) is 51.1 Å². The molecule has 54 heavy (non-hydrogen) atoms. The molecule has 6 rings (SSSR count). The van der Waals surface area contributed by atoms with Crippen LogP contribution in [0.5, 0.6) is 0 Å². The summed E-state index contributed by atoms with van der Waals surface area (Å²) < 4.78 is 0. The number of rotatable bonds is 21. The van der Waals surface area contributed by atoms with Crippen LogP contribution >= 0.6 is 0 Å². The Bertz CT molecular complexity index is 1820. The smallest absolute Gasteiger partial charge is 0.0239 e. The summed E-state index contributed by atoms with van der Waals surface area (Å²) in [5.41, 5.74) is 17.8. The number of benzene rings is 4. The predicted molar refractivity (Wildman–Crippen MR) is 236 cm³/mol. The summed E-state index contributed by atoms with van der Waals surface area (Å²) in [4.78, 5) is 4.75. The first-order chi connectivity index (χ1) is 26.1. The molecular weight excluding hydrogens is 653 g/mol. The van der Waals surface area contributed by atoms with E-state index in [1.54, 1.807) is 11.1 Å². The molecule has 0 radical (unpaired) electrons. The Morgan fingerprint density at radius 2 is 0.722 bits per heavy atom. The Kier molecular flexibility index (Phi) is 13.6. The van der Waals surface area contributed by atoms with Gasteiger partial charge in [-0.15, -0.1) is 0 Å². The minimum Gasteiger partial charge on any atom is -0.309 e. The number of hydrogen-bond acceptors (Lipinski definition) is 2. The monoisotopic (exact) mass is 725 g/mol. The van der Waals surface area contributed by atoms with Crippen molar-refractivity contribution in [2.24, 2.45) is 0 Å². The summed E-state index contributed by atoms with van der Waals surface area (Å²) in [5, 5.41) is 0. The third kappa shape index (κ3) is 8.46. The molecule has 0 fully saturated rings. The van der Waals surface area contributed by atoms with Gasteiger partial charge in [0.1, 0.15) is 0 Å². The molecule has 0 N–H and O–H groups in total.